The van der Waals surface area contributed by atoms with E-state index in [0.717, 1.165) is 25.7 Å². The van der Waals surface area contributed by atoms with Crippen molar-refractivity contribution >= 4 is 11.7 Å². The number of hydrogen-bond donors (Lipinski definition) is 0. The van der Waals surface area contributed by atoms with Crippen molar-refractivity contribution < 1.29 is 18.7 Å². The summed E-state index contributed by atoms with van der Waals surface area (Å²) in [4.78, 5) is 26.9. The topological polar surface area (TPSA) is 83.5 Å². The molecule has 6 nitrogen and oxygen atoms in total. The molecule has 2 fully saturated rings. The molecule has 2 atom stereocenters. The summed E-state index contributed by atoms with van der Waals surface area (Å²) in [6.07, 6.45) is 4.23. The van der Waals surface area contributed by atoms with Crippen molar-refractivity contribution in [2.24, 2.45) is 5.92 Å². The van der Waals surface area contributed by atoms with Crippen molar-refractivity contribution in [3.8, 4) is 11.8 Å². The van der Waals surface area contributed by atoms with Gasteiger partial charge in [-0.25, -0.2) is 0 Å². The number of ether oxygens (including phenoxy) is 1. The number of rotatable bonds is 5. The van der Waals surface area contributed by atoms with E-state index in [9.17, 15) is 9.59 Å². The first-order chi connectivity index (χ1) is 13.7. The molecule has 2 heterocycles. The number of ketones is 1. The fourth-order valence-corrected chi connectivity index (χ4v) is 4.26. The zero-order valence-corrected chi connectivity index (χ0v) is 15.6. The van der Waals surface area contributed by atoms with Gasteiger partial charge in [0.1, 0.15) is 30.0 Å². The Kier molecular flexibility index (Phi) is 5.16. The maximum atomic E-state index is 12.9. The van der Waals surface area contributed by atoms with Crippen LogP contribution in [-0.4, -0.2) is 29.2 Å². The van der Waals surface area contributed by atoms with E-state index in [1.165, 1.54) is 0 Å². The quantitative estimate of drug-likeness (QED) is 0.792. The Balaban J connectivity index is 1.43. The minimum atomic E-state index is -0.161. The summed E-state index contributed by atoms with van der Waals surface area (Å²) in [6.45, 7) is 0.797. The Bertz CT molecular complexity index is 927. The van der Waals surface area contributed by atoms with Crippen LogP contribution in [0.15, 0.2) is 40.8 Å². The van der Waals surface area contributed by atoms with Gasteiger partial charge in [-0.05, 0) is 49.9 Å². The van der Waals surface area contributed by atoms with Gasteiger partial charge in [0.25, 0.3) is 5.91 Å². The SMILES string of the molecule is N#Cc1ccccc1OCc1ccc(C(=O)N2CCC[C@H]2[C@H]2CCCC2=O)o1. The molecular formula is C22H22N2O4. The van der Waals surface area contributed by atoms with E-state index in [4.69, 9.17) is 14.4 Å². The third-order valence-corrected chi connectivity index (χ3v) is 5.63. The summed E-state index contributed by atoms with van der Waals surface area (Å²) in [7, 11) is 0. The second-order valence-corrected chi connectivity index (χ2v) is 7.34. The highest BCUT2D eigenvalue weighted by atomic mass is 16.5. The first-order valence-electron chi connectivity index (χ1n) is 9.71. The van der Waals surface area contributed by atoms with E-state index in [1.807, 2.05) is 4.90 Å². The van der Waals surface area contributed by atoms with E-state index in [-0.39, 0.29) is 36.0 Å². The number of carbonyl (C=O) groups is 2. The van der Waals surface area contributed by atoms with E-state index < -0.39 is 0 Å². The summed E-state index contributed by atoms with van der Waals surface area (Å²) in [5.74, 6) is 1.37. The molecule has 1 aliphatic heterocycles. The van der Waals surface area contributed by atoms with E-state index >= 15 is 0 Å². The molecule has 1 amide bonds. The zero-order chi connectivity index (χ0) is 19.5. The highest BCUT2D eigenvalue weighted by Crippen LogP contribution is 2.34. The largest absolute Gasteiger partial charge is 0.484 e. The van der Waals surface area contributed by atoms with Crippen molar-refractivity contribution in [2.75, 3.05) is 6.54 Å². The number of Topliss-reactive ketones (excluding diaryl/α,β-unsaturated/α-hetero) is 1. The Labute approximate surface area is 163 Å². The predicted molar refractivity (Wildman–Crippen MR) is 101 cm³/mol. The smallest absolute Gasteiger partial charge is 0.289 e. The molecule has 0 radical (unpaired) electrons. The first kappa shape index (κ1) is 18.3. The minimum Gasteiger partial charge on any atom is -0.484 e. The van der Waals surface area contributed by atoms with Gasteiger partial charge in [0.15, 0.2) is 5.76 Å². The van der Waals surface area contributed by atoms with Crippen LogP contribution in [0.1, 0.15) is 54.0 Å². The second-order valence-electron chi connectivity index (χ2n) is 7.34. The summed E-state index contributed by atoms with van der Waals surface area (Å²) in [5.41, 5.74) is 0.450. The predicted octanol–water partition coefficient (Wildman–Crippen LogP) is 3.70. The lowest BCUT2D eigenvalue weighted by molar-refractivity contribution is -0.121. The number of hydrogen-bond acceptors (Lipinski definition) is 5. The number of furan rings is 1. The monoisotopic (exact) mass is 378 g/mol. The molecule has 0 spiro atoms. The third-order valence-electron chi connectivity index (χ3n) is 5.63. The normalized spacial score (nSPS) is 21.7. The fourth-order valence-electron chi connectivity index (χ4n) is 4.26. The molecule has 1 saturated carbocycles. The van der Waals surface area contributed by atoms with Gasteiger partial charge in [-0.15, -0.1) is 0 Å². The standard InChI is InChI=1S/C22H22N2O4/c23-13-15-5-1-2-9-20(15)27-14-16-10-11-21(28-16)22(26)24-12-4-7-18(24)17-6-3-8-19(17)25/h1-2,5,9-11,17-18H,3-4,6-8,12,14H2/t17-,18+/m1/s1. The average Bonchev–Trinajstić information content (AvgIpc) is 3.46. The van der Waals surface area contributed by atoms with Gasteiger partial charge in [0, 0.05) is 24.9 Å². The van der Waals surface area contributed by atoms with E-state index in [1.54, 1.807) is 36.4 Å². The molecule has 6 heteroatoms. The molecule has 144 valence electrons. The highest BCUT2D eigenvalue weighted by molar-refractivity contribution is 5.93. The number of likely N-dealkylation sites (tertiary alicyclic amines) is 1. The lowest BCUT2D eigenvalue weighted by Gasteiger charge is -2.27. The Morgan fingerprint density at radius 2 is 2.07 bits per heavy atom. The second kappa shape index (κ2) is 7.89. The molecule has 0 N–H and O–H groups in total. The molecule has 0 unspecified atom stereocenters. The maximum Gasteiger partial charge on any atom is 0.289 e. The van der Waals surface area contributed by atoms with Crippen molar-refractivity contribution in [1.82, 2.24) is 4.90 Å². The molecule has 4 rings (SSSR count). The van der Waals surface area contributed by atoms with Crippen LogP contribution in [-0.2, 0) is 11.4 Å². The van der Waals surface area contributed by atoms with Crippen LogP contribution in [0, 0.1) is 17.2 Å². The summed E-state index contributed by atoms with van der Waals surface area (Å²) in [5, 5.41) is 9.12. The molecular weight excluding hydrogens is 356 g/mol. The molecule has 2 aromatic rings. The Morgan fingerprint density at radius 3 is 2.86 bits per heavy atom. The van der Waals surface area contributed by atoms with Crippen LogP contribution in [0.3, 0.4) is 0 Å². The van der Waals surface area contributed by atoms with Crippen LogP contribution in [0.25, 0.3) is 0 Å². The molecule has 1 saturated heterocycles. The van der Waals surface area contributed by atoms with Crippen LogP contribution >= 0.6 is 0 Å². The van der Waals surface area contributed by atoms with Crippen molar-refractivity contribution in [1.29, 1.82) is 5.26 Å². The Hall–Kier alpha value is -3.07. The minimum absolute atomic E-state index is 0.00481. The van der Waals surface area contributed by atoms with Crippen molar-refractivity contribution in [3.63, 3.8) is 0 Å². The van der Waals surface area contributed by atoms with Gasteiger partial charge in [0.05, 0.1) is 5.56 Å². The van der Waals surface area contributed by atoms with Gasteiger partial charge in [0.2, 0.25) is 0 Å². The number of nitrogens with zero attached hydrogens (tertiary/aromatic N) is 2. The van der Waals surface area contributed by atoms with Gasteiger partial charge in [-0.3, -0.25) is 9.59 Å². The van der Waals surface area contributed by atoms with Crippen LogP contribution in [0.4, 0.5) is 0 Å². The van der Waals surface area contributed by atoms with E-state index in [0.29, 0.717) is 30.0 Å². The van der Waals surface area contributed by atoms with Gasteiger partial charge >= 0.3 is 0 Å². The summed E-state index contributed by atoms with van der Waals surface area (Å²) < 4.78 is 11.4. The van der Waals surface area contributed by atoms with Crippen LogP contribution in [0.5, 0.6) is 5.75 Å². The highest BCUT2D eigenvalue weighted by Gasteiger charge is 2.40. The van der Waals surface area contributed by atoms with Gasteiger partial charge in [-0.1, -0.05) is 12.1 Å². The summed E-state index contributed by atoms with van der Waals surface area (Å²) >= 11 is 0. The maximum absolute atomic E-state index is 12.9. The van der Waals surface area contributed by atoms with Crippen LogP contribution in [0.2, 0.25) is 0 Å². The van der Waals surface area contributed by atoms with Gasteiger partial charge in [-0.2, -0.15) is 5.26 Å². The van der Waals surface area contributed by atoms with Crippen LogP contribution < -0.4 is 4.74 Å². The zero-order valence-electron chi connectivity index (χ0n) is 15.6. The molecule has 0 bridgehead atoms. The first-order valence-corrected chi connectivity index (χ1v) is 9.71. The fraction of sp³-hybridized carbons (Fsp3) is 0.409. The molecule has 1 aromatic heterocycles. The number of benzene rings is 1. The molecule has 2 aliphatic rings. The number of para-hydroxylation sites is 1. The lowest BCUT2D eigenvalue weighted by atomic mass is 9.95. The molecule has 1 aliphatic carbocycles. The van der Waals surface area contributed by atoms with Crippen molar-refractivity contribution in [3.05, 3.63) is 53.5 Å². The number of nitriles is 1. The van der Waals surface area contributed by atoms with Gasteiger partial charge < -0.3 is 14.1 Å². The summed E-state index contributed by atoms with van der Waals surface area (Å²) in [6, 6.07) is 12.4. The molecule has 28 heavy (non-hydrogen) atoms. The third kappa shape index (κ3) is 3.53. The Morgan fingerprint density at radius 1 is 1.21 bits per heavy atom. The number of carbonyl (C=O) groups excluding carboxylic acids is 2. The number of amides is 1. The van der Waals surface area contributed by atoms with Crippen molar-refractivity contribution in [2.45, 2.75) is 44.8 Å². The average molecular weight is 378 g/mol. The molecule has 1 aromatic carbocycles. The van der Waals surface area contributed by atoms with E-state index in [2.05, 4.69) is 6.07 Å². The lowest BCUT2D eigenvalue weighted by Crippen LogP contribution is -2.41.